The molecule has 0 saturated carbocycles. The second kappa shape index (κ2) is 23.7. The first-order valence-corrected chi connectivity index (χ1v) is 25.3. The molecule has 358 valence electrons. The monoisotopic (exact) mass is 970 g/mol. The van der Waals surface area contributed by atoms with Crippen LogP contribution in [-0.2, 0) is 41.1 Å². The molecule has 8 aromatic rings. The Labute approximate surface area is 417 Å². The molecule has 0 radical (unpaired) electrons. The molecule has 0 spiro atoms. The Kier molecular flexibility index (Phi) is 16.6. The maximum absolute atomic E-state index is 15.0. The Morgan fingerprint density at radius 3 is 1.89 bits per heavy atom. The van der Waals surface area contributed by atoms with Gasteiger partial charge in [-0.3, -0.25) is 9.78 Å². The minimum absolute atomic E-state index is 0.0961. The number of alkyl carbamates (subject to hydrolysis) is 1. The largest absolute Gasteiger partial charge is 0.444 e. The zero-order chi connectivity index (χ0) is 48.7. The average molecular weight is 971 g/mol. The van der Waals surface area contributed by atoms with Gasteiger partial charge in [0, 0.05) is 43.2 Å². The summed E-state index contributed by atoms with van der Waals surface area (Å²) in [5, 5.41) is 12.5. The predicted molar refractivity (Wildman–Crippen MR) is 276 cm³/mol. The average Bonchev–Trinajstić information content (AvgIpc) is 4.20. The number of amides is 4. The van der Waals surface area contributed by atoms with Gasteiger partial charge in [0.1, 0.15) is 18.2 Å². The number of carbonyl (C=O) groups excluding carboxylic acids is 3. The lowest BCUT2D eigenvalue weighted by Gasteiger charge is -2.37. The SMILES string of the molecule is CC(C)c1nc(CN(C)C(=O)N[C@@H](Cc2cn(C(c3ccccc3)(c3ccccc3)c3ccccc3)cn2)C(=O)NC(CC[C@H](NC(=O)OCc2cncs2)c2ccccc2)Cc2ccccc2)cs1. The van der Waals surface area contributed by atoms with E-state index in [0.717, 1.165) is 43.4 Å². The van der Waals surface area contributed by atoms with E-state index in [1.54, 1.807) is 35.0 Å². The maximum Gasteiger partial charge on any atom is 0.407 e. The minimum atomic E-state index is -1.03. The molecule has 1 unspecified atom stereocenters. The van der Waals surface area contributed by atoms with Gasteiger partial charge in [-0.2, -0.15) is 0 Å². The van der Waals surface area contributed by atoms with E-state index < -0.39 is 35.8 Å². The highest BCUT2D eigenvalue weighted by atomic mass is 32.1. The van der Waals surface area contributed by atoms with Crippen molar-refractivity contribution in [3.05, 3.63) is 230 Å². The number of nitrogens with zero attached hydrogens (tertiary/aromatic N) is 5. The van der Waals surface area contributed by atoms with Crippen LogP contribution in [0.5, 0.6) is 0 Å². The summed E-state index contributed by atoms with van der Waals surface area (Å²) in [6.45, 7) is 4.56. The molecule has 0 fully saturated rings. The summed E-state index contributed by atoms with van der Waals surface area (Å²) in [5.41, 5.74) is 7.30. The molecule has 3 heterocycles. The van der Waals surface area contributed by atoms with E-state index >= 15 is 4.79 Å². The van der Waals surface area contributed by atoms with E-state index in [4.69, 9.17) is 14.7 Å². The number of nitrogens with one attached hydrogen (secondary N) is 3. The molecule has 14 heteroatoms. The third-order valence-electron chi connectivity index (χ3n) is 12.2. The number of urea groups is 1. The van der Waals surface area contributed by atoms with E-state index in [2.05, 4.69) is 75.7 Å². The predicted octanol–water partition coefficient (Wildman–Crippen LogP) is 10.7. The number of thiazole rings is 2. The fraction of sp³-hybridized carbons (Fsp3) is 0.250. The molecule has 0 aliphatic rings. The third kappa shape index (κ3) is 12.4. The molecular formula is C56H58N8O4S2. The summed E-state index contributed by atoms with van der Waals surface area (Å²) in [6.07, 6.45) is 6.50. The highest BCUT2D eigenvalue weighted by Gasteiger charge is 2.39. The molecule has 4 amide bonds. The van der Waals surface area contributed by atoms with Crippen LogP contribution < -0.4 is 16.0 Å². The lowest BCUT2D eigenvalue weighted by atomic mass is 9.77. The van der Waals surface area contributed by atoms with Gasteiger partial charge in [0.2, 0.25) is 5.91 Å². The standard InChI is InChI=1S/C56H58N8O4S2/c1-40(2)53-60-48(37-69-53)34-63(3)54(66)61-51(32-47-35-64(38-58-47)56(43-23-13-6-14-24-43,44-25-15-7-16-26-44)45-27-17-8-18-28-45)52(65)59-46(31-41-19-9-4-10-20-41)29-30-50(42-21-11-5-12-22-42)62-55(67)68-36-49-33-57-39-70-49/h4-28,33,35,37-40,46,50-51H,29-32,34,36H2,1-3H3,(H,59,65)(H,61,66)(H,62,67)/t46?,50-,51-/m0/s1. The van der Waals surface area contributed by atoms with Crippen molar-refractivity contribution in [3.8, 4) is 0 Å². The van der Waals surface area contributed by atoms with Gasteiger partial charge in [0.15, 0.2) is 0 Å². The molecule has 12 nitrogen and oxygen atoms in total. The van der Waals surface area contributed by atoms with E-state index in [-0.39, 0.29) is 31.4 Å². The molecule has 0 aliphatic heterocycles. The highest BCUT2D eigenvalue weighted by Crippen LogP contribution is 2.41. The number of ether oxygens (including phenoxy) is 1. The summed E-state index contributed by atoms with van der Waals surface area (Å²) < 4.78 is 7.70. The first-order chi connectivity index (χ1) is 34.1. The van der Waals surface area contributed by atoms with Crippen molar-refractivity contribution in [1.82, 2.24) is 40.4 Å². The second-order valence-electron chi connectivity index (χ2n) is 17.6. The molecule has 3 N–H and O–H groups in total. The summed E-state index contributed by atoms with van der Waals surface area (Å²) in [4.78, 5) is 58.7. The number of aromatic nitrogens is 4. The van der Waals surface area contributed by atoms with Crippen LogP contribution in [0.1, 0.15) is 87.7 Å². The number of carbonyl (C=O) groups is 3. The van der Waals surface area contributed by atoms with Gasteiger partial charge in [-0.15, -0.1) is 22.7 Å². The van der Waals surface area contributed by atoms with Gasteiger partial charge in [0.25, 0.3) is 0 Å². The van der Waals surface area contributed by atoms with Crippen molar-refractivity contribution in [3.63, 3.8) is 0 Å². The van der Waals surface area contributed by atoms with Gasteiger partial charge in [-0.05, 0) is 47.1 Å². The maximum atomic E-state index is 15.0. The molecule has 3 aromatic heterocycles. The number of hydrogen-bond donors (Lipinski definition) is 3. The lowest BCUT2D eigenvalue weighted by Crippen LogP contribution is -2.53. The minimum Gasteiger partial charge on any atom is -0.444 e. The smallest absolute Gasteiger partial charge is 0.407 e. The van der Waals surface area contributed by atoms with Gasteiger partial charge in [-0.25, -0.2) is 19.6 Å². The van der Waals surface area contributed by atoms with E-state index in [9.17, 15) is 9.59 Å². The van der Waals surface area contributed by atoms with Crippen LogP contribution >= 0.6 is 22.7 Å². The summed E-state index contributed by atoms with van der Waals surface area (Å²) in [5.74, 6) is -0.0950. The molecule has 0 bridgehead atoms. The van der Waals surface area contributed by atoms with Crippen LogP contribution in [0.15, 0.2) is 181 Å². The summed E-state index contributed by atoms with van der Waals surface area (Å²) >= 11 is 2.99. The molecular weight excluding hydrogens is 913 g/mol. The number of benzene rings is 5. The number of hydrogen-bond acceptors (Lipinski definition) is 9. The van der Waals surface area contributed by atoms with Gasteiger partial charge in [-0.1, -0.05) is 166 Å². The van der Waals surface area contributed by atoms with Crippen LogP contribution in [0.2, 0.25) is 0 Å². The van der Waals surface area contributed by atoms with Crippen molar-refractivity contribution >= 4 is 40.7 Å². The van der Waals surface area contributed by atoms with Crippen LogP contribution in [-0.4, -0.2) is 61.6 Å². The molecule has 5 aromatic carbocycles. The highest BCUT2D eigenvalue weighted by molar-refractivity contribution is 7.09. The van der Waals surface area contributed by atoms with Crippen molar-refractivity contribution in [2.45, 2.75) is 82.3 Å². The quantitative estimate of drug-likeness (QED) is 0.0609. The lowest BCUT2D eigenvalue weighted by molar-refractivity contribution is -0.123. The molecule has 3 atom stereocenters. The van der Waals surface area contributed by atoms with Crippen molar-refractivity contribution in [2.75, 3.05) is 7.05 Å². The van der Waals surface area contributed by atoms with E-state index in [1.807, 2.05) is 133 Å². The van der Waals surface area contributed by atoms with Crippen molar-refractivity contribution in [1.29, 1.82) is 0 Å². The zero-order valence-electron chi connectivity index (χ0n) is 39.6. The zero-order valence-corrected chi connectivity index (χ0v) is 41.2. The normalized spacial score (nSPS) is 12.7. The Morgan fingerprint density at radius 2 is 1.31 bits per heavy atom. The van der Waals surface area contributed by atoms with Crippen LogP contribution in [0, 0.1) is 0 Å². The van der Waals surface area contributed by atoms with Crippen LogP contribution in [0.3, 0.4) is 0 Å². The summed E-state index contributed by atoms with van der Waals surface area (Å²) in [7, 11) is 1.71. The molecule has 0 saturated heterocycles. The topological polar surface area (TPSA) is 143 Å². The first kappa shape index (κ1) is 49.0. The molecule has 8 rings (SSSR count). The molecule has 0 aliphatic carbocycles. The second-order valence-corrected chi connectivity index (χ2v) is 19.5. The fourth-order valence-corrected chi connectivity index (χ4v) is 10.1. The van der Waals surface area contributed by atoms with Crippen molar-refractivity contribution < 1.29 is 19.1 Å². The van der Waals surface area contributed by atoms with Crippen molar-refractivity contribution in [2.24, 2.45) is 0 Å². The van der Waals surface area contributed by atoms with E-state index in [1.165, 1.54) is 11.3 Å². The summed E-state index contributed by atoms with van der Waals surface area (Å²) in [6, 6.07) is 48.4. The fourth-order valence-electron chi connectivity index (χ4n) is 8.73. The molecule has 70 heavy (non-hydrogen) atoms. The Morgan fingerprint density at radius 1 is 0.714 bits per heavy atom. The number of rotatable bonds is 21. The number of imidazole rings is 1. The van der Waals surface area contributed by atoms with Gasteiger partial charge < -0.3 is 30.2 Å². The van der Waals surface area contributed by atoms with Gasteiger partial charge >= 0.3 is 12.1 Å². The van der Waals surface area contributed by atoms with Crippen LogP contribution in [0.25, 0.3) is 0 Å². The Balaban J connectivity index is 1.10. The third-order valence-corrected chi connectivity index (χ3v) is 14.2. The van der Waals surface area contributed by atoms with Crippen LogP contribution in [0.4, 0.5) is 9.59 Å². The van der Waals surface area contributed by atoms with E-state index in [0.29, 0.717) is 25.0 Å². The Hall–Kier alpha value is -7.42. The Bertz CT molecular complexity index is 2770. The first-order valence-electron chi connectivity index (χ1n) is 23.5. The van der Waals surface area contributed by atoms with Gasteiger partial charge in [0.05, 0.1) is 45.7 Å².